The number of hydrogen-bond donors (Lipinski definition) is 4. The van der Waals surface area contributed by atoms with Gasteiger partial charge in [-0.15, -0.1) is 0 Å². The summed E-state index contributed by atoms with van der Waals surface area (Å²) in [7, 11) is -4.42. The molecule has 5 N–H and O–H groups in total. The quantitative estimate of drug-likeness (QED) is 0.551. The molecule has 0 radical (unpaired) electrons. The molecule has 1 rings (SSSR count). The van der Waals surface area contributed by atoms with Crippen LogP contribution in [0.5, 0.6) is 0 Å². The summed E-state index contributed by atoms with van der Waals surface area (Å²) in [4.78, 5) is -0.851. The maximum Gasteiger partial charge on any atom is 0.244 e. The molecule has 1 aromatic carbocycles. The third kappa shape index (κ3) is 3.06. The van der Waals surface area contributed by atoms with Gasteiger partial charge in [0.1, 0.15) is 16.4 Å². The normalized spacial score (nSPS) is 12.7. The average Bonchev–Trinajstić information content (AvgIpc) is 2.42. The highest BCUT2D eigenvalue weighted by Crippen LogP contribution is 2.24. The molecule has 0 heterocycles. The van der Waals surface area contributed by atoms with Crippen molar-refractivity contribution in [3.05, 3.63) is 23.8 Å². The van der Waals surface area contributed by atoms with Crippen LogP contribution in [0.1, 0.15) is 13.3 Å². The van der Waals surface area contributed by atoms with Gasteiger partial charge in [-0.05, 0) is 18.6 Å². The van der Waals surface area contributed by atoms with Gasteiger partial charge in [-0.25, -0.2) is 21.9 Å². The summed E-state index contributed by atoms with van der Waals surface area (Å²) in [6.07, 6.45) is 0.0670. The lowest BCUT2D eigenvalue weighted by atomic mass is 10.0. The van der Waals surface area contributed by atoms with E-state index >= 15 is 0 Å². The van der Waals surface area contributed by atoms with Crippen molar-refractivity contribution in [2.75, 3.05) is 18.9 Å². The number of sulfonamides is 1. The van der Waals surface area contributed by atoms with Crippen molar-refractivity contribution in [2.45, 2.75) is 23.8 Å². The zero-order valence-electron chi connectivity index (χ0n) is 10.7. The van der Waals surface area contributed by atoms with Gasteiger partial charge in [-0.2, -0.15) is 0 Å². The minimum atomic E-state index is -4.42. The zero-order valence-corrected chi connectivity index (χ0v) is 11.5. The van der Waals surface area contributed by atoms with Crippen LogP contribution in [0.25, 0.3) is 0 Å². The number of aliphatic hydroxyl groups is 2. The second-order valence-electron chi connectivity index (χ2n) is 4.33. The van der Waals surface area contributed by atoms with E-state index in [0.29, 0.717) is 0 Å². The first kappa shape index (κ1) is 16.8. The van der Waals surface area contributed by atoms with Crippen molar-refractivity contribution in [3.8, 4) is 0 Å². The maximum atomic E-state index is 13.7. The number of anilines is 1. The van der Waals surface area contributed by atoms with Crippen LogP contribution in [0.4, 0.5) is 14.5 Å². The molecule has 0 aliphatic carbocycles. The standard InChI is InChI=1S/C11H16F2N2O4S/c1-2-11(5-16,6-17)15-20(18,19)8-4-3-7(12)10(14)9(8)13/h3-4,15-17H,2,5-6,14H2,1H3. The Morgan fingerprint density at radius 2 is 1.85 bits per heavy atom. The topological polar surface area (TPSA) is 113 Å². The largest absolute Gasteiger partial charge is 0.394 e. The summed E-state index contributed by atoms with van der Waals surface area (Å²) in [6.45, 7) is 0.166. The van der Waals surface area contributed by atoms with Crippen molar-refractivity contribution in [3.63, 3.8) is 0 Å². The molecular formula is C11H16F2N2O4S. The maximum absolute atomic E-state index is 13.7. The lowest BCUT2D eigenvalue weighted by Gasteiger charge is -2.29. The van der Waals surface area contributed by atoms with Gasteiger partial charge < -0.3 is 15.9 Å². The molecule has 0 unspecified atom stereocenters. The number of halogens is 2. The Balaban J connectivity index is 3.28. The van der Waals surface area contributed by atoms with Crippen LogP contribution in [0.15, 0.2) is 17.0 Å². The average molecular weight is 310 g/mol. The molecule has 0 aliphatic rings. The highest BCUT2D eigenvalue weighted by molar-refractivity contribution is 7.89. The highest BCUT2D eigenvalue weighted by atomic mass is 32.2. The second-order valence-corrected chi connectivity index (χ2v) is 5.98. The summed E-state index contributed by atoms with van der Waals surface area (Å²) in [5.74, 6) is -2.49. The molecule has 114 valence electrons. The predicted molar refractivity (Wildman–Crippen MR) is 68.3 cm³/mol. The molecule has 0 aliphatic heterocycles. The molecule has 0 atom stereocenters. The van der Waals surface area contributed by atoms with Gasteiger partial charge in [-0.1, -0.05) is 6.92 Å². The molecule has 0 saturated heterocycles. The number of nitrogen functional groups attached to an aromatic ring is 1. The Bertz CT molecular complexity index is 580. The zero-order chi connectivity index (χ0) is 15.6. The molecule has 20 heavy (non-hydrogen) atoms. The van der Waals surface area contributed by atoms with Gasteiger partial charge in [0.2, 0.25) is 10.0 Å². The fraction of sp³-hybridized carbons (Fsp3) is 0.455. The summed E-state index contributed by atoms with van der Waals surface area (Å²) in [6, 6.07) is 1.44. The van der Waals surface area contributed by atoms with Crippen molar-refractivity contribution < 1.29 is 27.4 Å². The number of hydrogen-bond acceptors (Lipinski definition) is 5. The molecule has 0 spiro atoms. The second kappa shape index (κ2) is 6.00. The molecule has 0 bridgehead atoms. The first-order valence-corrected chi connectivity index (χ1v) is 7.20. The van der Waals surface area contributed by atoms with E-state index in [0.717, 1.165) is 12.1 Å². The van der Waals surface area contributed by atoms with Crippen LogP contribution in [0.2, 0.25) is 0 Å². The van der Waals surface area contributed by atoms with Crippen LogP contribution in [0.3, 0.4) is 0 Å². The summed E-state index contributed by atoms with van der Waals surface area (Å²) in [5.41, 5.74) is 2.65. The number of nitrogens with one attached hydrogen (secondary N) is 1. The molecule has 0 fully saturated rings. The monoisotopic (exact) mass is 310 g/mol. The Morgan fingerprint density at radius 3 is 2.30 bits per heavy atom. The Morgan fingerprint density at radius 1 is 1.30 bits per heavy atom. The van der Waals surface area contributed by atoms with E-state index in [1.54, 1.807) is 0 Å². The molecule has 0 amide bonds. The Labute approximate surface area is 115 Å². The van der Waals surface area contributed by atoms with E-state index in [1.165, 1.54) is 6.92 Å². The smallest absolute Gasteiger partial charge is 0.244 e. The van der Waals surface area contributed by atoms with E-state index in [2.05, 4.69) is 0 Å². The van der Waals surface area contributed by atoms with E-state index in [9.17, 15) is 27.4 Å². The summed E-state index contributed by atoms with van der Waals surface area (Å²) < 4.78 is 52.9. The van der Waals surface area contributed by atoms with Crippen LogP contribution in [-0.2, 0) is 10.0 Å². The molecule has 9 heteroatoms. The van der Waals surface area contributed by atoms with E-state index in [1.807, 2.05) is 4.72 Å². The van der Waals surface area contributed by atoms with E-state index in [-0.39, 0.29) is 6.42 Å². The van der Waals surface area contributed by atoms with Crippen LogP contribution in [0, 0.1) is 11.6 Å². The number of nitrogens with two attached hydrogens (primary N) is 1. The number of rotatable bonds is 6. The van der Waals surface area contributed by atoms with E-state index < -0.39 is 51.0 Å². The number of aliphatic hydroxyl groups excluding tert-OH is 2. The van der Waals surface area contributed by atoms with Crippen molar-refractivity contribution in [2.24, 2.45) is 0 Å². The third-order valence-electron chi connectivity index (χ3n) is 3.01. The van der Waals surface area contributed by atoms with Crippen LogP contribution >= 0.6 is 0 Å². The lowest BCUT2D eigenvalue weighted by molar-refractivity contribution is 0.105. The third-order valence-corrected chi connectivity index (χ3v) is 4.61. The minimum absolute atomic E-state index is 0.0670. The van der Waals surface area contributed by atoms with Gasteiger partial charge in [0, 0.05) is 0 Å². The first-order valence-electron chi connectivity index (χ1n) is 5.72. The first-order chi connectivity index (χ1) is 9.23. The Hall–Kier alpha value is -1.29. The fourth-order valence-electron chi connectivity index (χ4n) is 1.51. The van der Waals surface area contributed by atoms with Crippen molar-refractivity contribution in [1.29, 1.82) is 0 Å². The molecule has 0 saturated carbocycles. The lowest BCUT2D eigenvalue weighted by Crippen LogP contribution is -2.53. The van der Waals surface area contributed by atoms with Crippen LogP contribution < -0.4 is 10.5 Å². The predicted octanol–water partition coefficient (Wildman–Crippen LogP) is -0.0413. The van der Waals surface area contributed by atoms with E-state index in [4.69, 9.17) is 5.73 Å². The molecule has 6 nitrogen and oxygen atoms in total. The van der Waals surface area contributed by atoms with Crippen molar-refractivity contribution >= 4 is 15.7 Å². The van der Waals surface area contributed by atoms with Gasteiger partial charge >= 0.3 is 0 Å². The minimum Gasteiger partial charge on any atom is -0.394 e. The highest BCUT2D eigenvalue weighted by Gasteiger charge is 2.34. The molecular weight excluding hydrogens is 294 g/mol. The summed E-state index contributed by atoms with van der Waals surface area (Å²) in [5, 5.41) is 18.4. The number of benzene rings is 1. The van der Waals surface area contributed by atoms with Gasteiger partial charge in [0.05, 0.1) is 18.8 Å². The molecule has 1 aromatic rings. The van der Waals surface area contributed by atoms with Crippen LogP contribution in [-0.4, -0.2) is 37.4 Å². The Kier molecular flexibility index (Phi) is 5.03. The fourth-order valence-corrected chi connectivity index (χ4v) is 3.05. The molecule has 0 aromatic heterocycles. The SMILES string of the molecule is CCC(CO)(CO)NS(=O)(=O)c1ccc(F)c(N)c1F. The van der Waals surface area contributed by atoms with Gasteiger partial charge in [-0.3, -0.25) is 0 Å². The van der Waals surface area contributed by atoms with Crippen molar-refractivity contribution in [1.82, 2.24) is 4.72 Å². The van der Waals surface area contributed by atoms with Gasteiger partial charge in [0.25, 0.3) is 0 Å². The summed E-state index contributed by atoms with van der Waals surface area (Å²) >= 11 is 0. The van der Waals surface area contributed by atoms with Gasteiger partial charge in [0.15, 0.2) is 5.82 Å².